The number of hydrogen-bond acceptors (Lipinski definition) is 4. The summed E-state index contributed by atoms with van der Waals surface area (Å²) in [7, 11) is 0. The van der Waals surface area contributed by atoms with Crippen molar-refractivity contribution in [2.75, 3.05) is 24.5 Å². The van der Waals surface area contributed by atoms with Crippen LogP contribution in [0.2, 0.25) is 0 Å². The number of carboxylic acid groups (broad SMARTS) is 1. The van der Waals surface area contributed by atoms with Crippen molar-refractivity contribution in [1.29, 1.82) is 0 Å². The number of nitrogens with one attached hydrogen (secondary N) is 1. The topological polar surface area (TPSA) is 76.6 Å². The lowest BCUT2D eigenvalue weighted by Crippen LogP contribution is -2.39. The maximum atomic E-state index is 12.9. The molecule has 0 radical (unpaired) electrons. The molecule has 2 aliphatic heterocycles. The average Bonchev–Trinajstić information content (AvgIpc) is 3.60. The summed E-state index contributed by atoms with van der Waals surface area (Å²) in [5, 5.41) is 8.21. The van der Waals surface area contributed by atoms with E-state index in [2.05, 4.69) is 46.8 Å². The highest BCUT2D eigenvalue weighted by Crippen LogP contribution is 2.29. The van der Waals surface area contributed by atoms with Gasteiger partial charge < -0.3 is 15.0 Å². The van der Waals surface area contributed by atoms with Crippen molar-refractivity contribution in [3.8, 4) is 0 Å². The number of nitrogens with zero attached hydrogens (tertiary/aromatic N) is 2. The summed E-state index contributed by atoms with van der Waals surface area (Å²) < 4.78 is 31.7. The number of halogens is 3. The fraction of sp³-hybridized carbons (Fsp3) is 0.429. The molecule has 1 aromatic heterocycles. The molecule has 3 heterocycles. The summed E-state index contributed by atoms with van der Waals surface area (Å²) in [6.45, 7) is 8.02. The van der Waals surface area contributed by atoms with Crippen LogP contribution in [0, 0.1) is 6.92 Å². The van der Waals surface area contributed by atoms with Crippen molar-refractivity contribution >= 4 is 28.3 Å². The van der Waals surface area contributed by atoms with Gasteiger partial charge >= 0.3 is 12.1 Å². The number of carbonyl (C=O) groups is 2. The van der Waals surface area contributed by atoms with Gasteiger partial charge in [-0.15, -0.1) is 0 Å². The van der Waals surface area contributed by atoms with E-state index in [1.165, 1.54) is 37.1 Å². The molecule has 0 amide bonds. The van der Waals surface area contributed by atoms with Crippen LogP contribution in [0.4, 0.5) is 18.9 Å². The zero-order valence-corrected chi connectivity index (χ0v) is 21.0. The number of Topliss-reactive ketones (excluding diaryl/α,β-unsaturated/α-hetero) is 1. The molecule has 2 N–H and O–H groups in total. The first-order chi connectivity index (χ1) is 17.5. The Hall–Kier alpha value is -3.33. The van der Waals surface area contributed by atoms with Crippen LogP contribution in [0.3, 0.4) is 0 Å². The summed E-state index contributed by atoms with van der Waals surface area (Å²) in [6.07, 6.45) is 1.22. The Bertz CT molecular complexity index is 1270. The van der Waals surface area contributed by atoms with E-state index >= 15 is 0 Å². The van der Waals surface area contributed by atoms with E-state index in [1.54, 1.807) is 0 Å². The average molecular weight is 516 g/mol. The lowest BCUT2D eigenvalue weighted by Gasteiger charge is -2.28. The van der Waals surface area contributed by atoms with Gasteiger partial charge in [0.1, 0.15) is 0 Å². The maximum absolute atomic E-state index is 12.9. The first kappa shape index (κ1) is 26.7. The van der Waals surface area contributed by atoms with Crippen molar-refractivity contribution < 1.29 is 27.9 Å². The Morgan fingerprint density at radius 1 is 1.08 bits per heavy atom. The number of ketones is 1. The Labute approximate surface area is 214 Å². The summed E-state index contributed by atoms with van der Waals surface area (Å²) in [5.74, 6) is -2.58. The van der Waals surface area contributed by atoms with Crippen molar-refractivity contribution in [3.63, 3.8) is 0 Å². The number of hydrogen-bond donors (Lipinski definition) is 2. The van der Waals surface area contributed by atoms with Crippen LogP contribution in [0.1, 0.15) is 47.7 Å². The minimum absolute atomic E-state index is 0.179. The molecule has 37 heavy (non-hydrogen) atoms. The molecule has 0 bridgehead atoms. The van der Waals surface area contributed by atoms with Crippen molar-refractivity contribution in [1.82, 2.24) is 9.88 Å². The van der Waals surface area contributed by atoms with E-state index in [4.69, 9.17) is 9.90 Å². The summed E-state index contributed by atoms with van der Waals surface area (Å²) in [5.41, 5.74) is 5.49. The van der Waals surface area contributed by atoms with Gasteiger partial charge in [-0.25, -0.2) is 4.79 Å². The number of anilines is 1. The number of aromatic nitrogens is 1. The third-order valence-electron chi connectivity index (χ3n) is 7.40. The minimum atomic E-state index is -5.08. The number of fused-ring (bicyclic) bond motifs is 1. The minimum Gasteiger partial charge on any atom is -0.475 e. The van der Waals surface area contributed by atoms with Crippen LogP contribution in [-0.2, 0) is 11.2 Å². The van der Waals surface area contributed by atoms with Gasteiger partial charge in [-0.2, -0.15) is 13.2 Å². The highest BCUT2D eigenvalue weighted by molar-refractivity contribution is 6.00. The molecule has 2 saturated heterocycles. The highest BCUT2D eigenvalue weighted by Gasteiger charge is 2.38. The standard InChI is InChI=1S/C26H31N3O.C2HF3O2/c1-18-14-23(28-13-10-24(17-28)29-12-3-4-19(29)2)7-5-20(18)16-26(30)22-6-8-25-21(15-22)9-11-27-25;3-2(4,5)1(6)7/h5-9,11,14-15,19,24,27H,3-4,10,12-13,16-17H2,1-2H3;(H,6,7)/t19-,24-;/m0./s1. The lowest BCUT2D eigenvalue weighted by atomic mass is 9.98. The Kier molecular flexibility index (Phi) is 7.92. The molecular weight excluding hydrogens is 483 g/mol. The number of H-pyrrole nitrogens is 1. The first-order valence-corrected chi connectivity index (χ1v) is 12.5. The van der Waals surface area contributed by atoms with Crippen molar-refractivity contribution in [3.05, 3.63) is 65.4 Å². The molecule has 0 saturated carbocycles. The van der Waals surface area contributed by atoms with Gasteiger partial charge in [0, 0.05) is 59.9 Å². The van der Waals surface area contributed by atoms with Crippen LogP contribution in [-0.4, -0.2) is 64.6 Å². The second-order valence-electron chi connectivity index (χ2n) is 9.91. The molecule has 198 valence electrons. The van der Waals surface area contributed by atoms with Crippen LogP contribution >= 0.6 is 0 Å². The van der Waals surface area contributed by atoms with E-state index in [9.17, 15) is 18.0 Å². The summed E-state index contributed by atoms with van der Waals surface area (Å²) >= 11 is 0. The third-order valence-corrected chi connectivity index (χ3v) is 7.40. The molecule has 2 aromatic carbocycles. The number of carbonyl (C=O) groups excluding carboxylic acids is 1. The van der Waals surface area contributed by atoms with Crippen LogP contribution in [0.5, 0.6) is 0 Å². The molecule has 5 rings (SSSR count). The summed E-state index contributed by atoms with van der Waals surface area (Å²) in [6, 6.07) is 16.0. The molecule has 2 aliphatic rings. The van der Waals surface area contributed by atoms with E-state index in [-0.39, 0.29) is 5.78 Å². The SMILES string of the molecule is Cc1cc(N2CC[C@H](N3CCC[C@@H]3C)C2)ccc1CC(=O)c1ccc2[nH]ccc2c1.O=C(O)C(F)(F)F. The molecular formula is C28H32F3N3O3. The Morgan fingerprint density at radius 2 is 1.84 bits per heavy atom. The molecule has 0 spiro atoms. The zero-order valence-electron chi connectivity index (χ0n) is 21.0. The van der Waals surface area contributed by atoms with Crippen LogP contribution < -0.4 is 4.90 Å². The first-order valence-electron chi connectivity index (χ1n) is 12.5. The number of aromatic amines is 1. The molecule has 0 unspecified atom stereocenters. The number of aliphatic carboxylic acids is 1. The molecule has 6 nitrogen and oxygen atoms in total. The quantitative estimate of drug-likeness (QED) is 0.433. The summed E-state index contributed by atoms with van der Waals surface area (Å²) in [4.78, 5) is 30.2. The van der Waals surface area contributed by atoms with Crippen molar-refractivity contribution in [2.45, 2.75) is 57.8 Å². The molecule has 0 aliphatic carbocycles. The van der Waals surface area contributed by atoms with E-state index < -0.39 is 12.1 Å². The Morgan fingerprint density at radius 3 is 2.49 bits per heavy atom. The molecule has 3 aromatic rings. The van der Waals surface area contributed by atoms with E-state index in [0.717, 1.165) is 41.2 Å². The second kappa shape index (κ2) is 11.0. The maximum Gasteiger partial charge on any atom is 0.490 e. The Balaban J connectivity index is 0.000000405. The number of rotatable bonds is 5. The van der Waals surface area contributed by atoms with Gasteiger partial charge in [0.05, 0.1) is 0 Å². The molecule has 9 heteroatoms. The van der Waals surface area contributed by atoms with Crippen LogP contribution in [0.15, 0.2) is 48.7 Å². The monoisotopic (exact) mass is 515 g/mol. The van der Waals surface area contributed by atoms with Gasteiger partial charge in [0.15, 0.2) is 5.78 Å². The predicted molar refractivity (Wildman–Crippen MR) is 137 cm³/mol. The molecule has 2 atom stereocenters. The second-order valence-corrected chi connectivity index (χ2v) is 9.91. The number of likely N-dealkylation sites (tertiary alicyclic amines) is 1. The molecule has 2 fully saturated rings. The lowest BCUT2D eigenvalue weighted by molar-refractivity contribution is -0.192. The van der Waals surface area contributed by atoms with Gasteiger partial charge in [-0.05, 0) is 87.2 Å². The van der Waals surface area contributed by atoms with Crippen LogP contribution in [0.25, 0.3) is 10.9 Å². The predicted octanol–water partition coefficient (Wildman–Crippen LogP) is 5.60. The smallest absolute Gasteiger partial charge is 0.475 e. The zero-order chi connectivity index (χ0) is 26.7. The number of benzene rings is 2. The third kappa shape index (κ3) is 6.33. The fourth-order valence-electron chi connectivity index (χ4n) is 5.32. The van der Waals surface area contributed by atoms with Gasteiger partial charge in [-0.3, -0.25) is 9.69 Å². The largest absolute Gasteiger partial charge is 0.490 e. The normalized spacial score (nSPS) is 20.2. The van der Waals surface area contributed by atoms with Crippen molar-refractivity contribution in [2.24, 2.45) is 0 Å². The van der Waals surface area contributed by atoms with Gasteiger partial charge in [0.2, 0.25) is 0 Å². The highest BCUT2D eigenvalue weighted by atomic mass is 19.4. The number of carboxylic acids is 1. The number of alkyl halides is 3. The van der Waals surface area contributed by atoms with Gasteiger partial charge in [0.25, 0.3) is 0 Å². The van der Waals surface area contributed by atoms with Gasteiger partial charge in [-0.1, -0.05) is 6.07 Å². The number of aryl methyl sites for hydroxylation is 1. The van der Waals surface area contributed by atoms with E-state index in [1.807, 2.05) is 30.5 Å². The fourth-order valence-corrected chi connectivity index (χ4v) is 5.32. The van der Waals surface area contributed by atoms with E-state index in [0.29, 0.717) is 12.5 Å².